The SMILES string of the molecule is C[C@]1(Cn2ccnc2)[C@H](C(=O)[O-])N2C(=O)C[C@H]2S1(=O)=O.[Na+]. The van der Waals surface area contributed by atoms with E-state index in [9.17, 15) is 23.1 Å². The van der Waals surface area contributed by atoms with Crippen molar-refractivity contribution in [3.8, 4) is 0 Å². The average molecular weight is 321 g/mol. The zero-order valence-electron chi connectivity index (χ0n) is 11.6. The van der Waals surface area contributed by atoms with Crippen molar-refractivity contribution in [3.05, 3.63) is 18.7 Å². The predicted molar refractivity (Wildman–Crippen MR) is 63.6 cm³/mol. The molecule has 0 spiro atoms. The Morgan fingerprint density at radius 2 is 2.24 bits per heavy atom. The predicted octanol–water partition coefficient (Wildman–Crippen LogP) is -5.25. The van der Waals surface area contributed by atoms with E-state index in [4.69, 9.17) is 0 Å². The number of fused-ring (bicyclic) bond motifs is 1. The summed E-state index contributed by atoms with van der Waals surface area (Å²) in [4.78, 5) is 27.7. The van der Waals surface area contributed by atoms with E-state index in [0.717, 1.165) is 4.90 Å². The molecule has 0 N–H and O–H groups in total. The normalized spacial score (nSPS) is 33.0. The number of rotatable bonds is 3. The molecule has 10 heteroatoms. The Labute approximate surface area is 143 Å². The molecular weight excluding hydrogens is 309 g/mol. The van der Waals surface area contributed by atoms with Gasteiger partial charge in [0.25, 0.3) is 0 Å². The van der Waals surface area contributed by atoms with Crippen molar-refractivity contribution in [2.45, 2.75) is 36.1 Å². The summed E-state index contributed by atoms with van der Waals surface area (Å²) in [6.45, 7) is 1.25. The van der Waals surface area contributed by atoms with Crippen molar-refractivity contribution in [3.63, 3.8) is 0 Å². The second kappa shape index (κ2) is 5.08. The van der Waals surface area contributed by atoms with Crippen LogP contribution in [-0.4, -0.2) is 50.9 Å². The van der Waals surface area contributed by atoms with Crippen LogP contribution in [0.15, 0.2) is 18.7 Å². The number of carbonyl (C=O) groups excluding carboxylic acids is 2. The van der Waals surface area contributed by atoms with Gasteiger partial charge in [-0.25, -0.2) is 13.4 Å². The van der Waals surface area contributed by atoms with E-state index in [1.165, 1.54) is 24.0 Å². The fraction of sp³-hybridized carbons (Fsp3) is 0.545. The first-order chi connectivity index (χ1) is 9.29. The molecule has 3 atom stereocenters. The number of carboxylic acid groups (broad SMARTS) is 1. The first kappa shape index (κ1) is 16.5. The topological polar surface area (TPSA) is 112 Å². The number of nitrogens with zero attached hydrogens (tertiary/aromatic N) is 3. The van der Waals surface area contributed by atoms with Crippen LogP contribution in [0.1, 0.15) is 13.3 Å². The maximum absolute atomic E-state index is 12.5. The van der Waals surface area contributed by atoms with E-state index in [1.54, 1.807) is 6.20 Å². The number of hydrogen-bond donors (Lipinski definition) is 0. The molecule has 0 unspecified atom stereocenters. The van der Waals surface area contributed by atoms with Gasteiger partial charge in [0.2, 0.25) is 5.91 Å². The Balaban J connectivity index is 0.00000161. The van der Waals surface area contributed by atoms with Gasteiger partial charge in [-0.15, -0.1) is 0 Å². The van der Waals surface area contributed by atoms with Crippen LogP contribution in [-0.2, 0) is 26.0 Å². The zero-order chi connectivity index (χ0) is 14.7. The summed E-state index contributed by atoms with van der Waals surface area (Å²) < 4.78 is 25.0. The first-order valence-electron chi connectivity index (χ1n) is 6.00. The zero-order valence-corrected chi connectivity index (χ0v) is 14.4. The van der Waals surface area contributed by atoms with Crippen molar-refractivity contribution in [1.29, 1.82) is 0 Å². The number of β-lactam (4-membered cyclic amide) rings is 1. The summed E-state index contributed by atoms with van der Waals surface area (Å²) in [5.74, 6) is -2.02. The number of amides is 1. The number of sulfone groups is 1. The van der Waals surface area contributed by atoms with Gasteiger partial charge >= 0.3 is 29.6 Å². The number of imidazole rings is 1. The molecule has 21 heavy (non-hydrogen) atoms. The third-order valence-corrected chi connectivity index (χ3v) is 6.85. The summed E-state index contributed by atoms with van der Waals surface area (Å²) >= 11 is 0. The summed E-state index contributed by atoms with van der Waals surface area (Å²) in [6, 6.07) is -1.47. The van der Waals surface area contributed by atoms with Crippen LogP contribution in [0.3, 0.4) is 0 Å². The number of aromatic nitrogens is 2. The van der Waals surface area contributed by atoms with Gasteiger partial charge in [0.05, 0.1) is 24.8 Å². The molecule has 0 aliphatic carbocycles. The van der Waals surface area contributed by atoms with Crippen LogP contribution >= 0.6 is 0 Å². The molecular formula is C11H12N3NaO5S. The number of carboxylic acids is 1. The molecule has 1 aromatic rings. The Kier molecular flexibility index (Phi) is 3.98. The fourth-order valence-electron chi connectivity index (χ4n) is 3.01. The van der Waals surface area contributed by atoms with E-state index in [1.807, 2.05) is 0 Å². The Hall–Kier alpha value is -0.900. The molecule has 2 aliphatic heterocycles. The van der Waals surface area contributed by atoms with E-state index in [-0.39, 0.29) is 42.5 Å². The fourth-order valence-corrected chi connectivity index (χ4v) is 5.39. The third kappa shape index (κ3) is 2.06. The van der Waals surface area contributed by atoms with Gasteiger partial charge in [-0.1, -0.05) is 0 Å². The maximum Gasteiger partial charge on any atom is 1.00 e. The van der Waals surface area contributed by atoms with Crippen molar-refractivity contribution in [1.82, 2.24) is 14.5 Å². The molecule has 108 valence electrons. The van der Waals surface area contributed by atoms with Gasteiger partial charge in [0.15, 0.2) is 9.84 Å². The van der Waals surface area contributed by atoms with Crippen molar-refractivity contribution >= 4 is 21.7 Å². The minimum atomic E-state index is -3.80. The molecule has 3 rings (SSSR count). The summed E-state index contributed by atoms with van der Waals surface area (Å²) in [6.07, 6.45) is 4.26. The molecule has 2 fully saturated rings. The largest absolute Gasteiger partial charge is 1.00 e. The van der Waals surface area contributed by atoms with Crippen molar-refractivity contribution < 1.29 is 52.7 Å². The van der Waals surface area contributed by atoms with E-state index in [2.05, 4.69) is 4.98 Å². The molecule has 2 saturated heterocycles. The molecule has 0 aromatic carbocycles. The molecule has 0 radical (unpaired) electrons. The summed E-state index contributed by atoms with van der Waals surface area (Å²) in [5.41, 5.74) is 0. The standard InChI is InChI=1S/C11H13N3O5S.Na/c1-11(5-13-3-2-12-6-13)9(10(16)17)14-7(15)4-8(14)20(11,18)19;/h2-3,6,8-9H,4-5H2,1H3,(H,16,17);/q;+1/p-1/t8-,9+,11+;/m1./s1. The van der Waals surface area contributed by atoms with Gasteiger partial charge in [-0.2, -0.15) is 0 Å². The van der Waals surface area contributed by atoms with Crippen LogP contribution in [0.5, 0.6) is 0 Å². The van der Waals surface area contributed by atoms with Crippen molar-refractivity contribution in [2.75, 3.05) is 0 Å². The molecule has 1 amide bonds. The van der Waals surface area contributed by atoms with E-state index in [0.29, 0.717) is 0 Å². The average Bonchev–Trinajstić information content (AvgIpc) is 2.87. The molecule has 8 nitrogen and oxygen atoms in total. The molecule has 3 heterocycles. The quantitative estimate of drug-likeness (QED) is 0.406. The van der Waals surface area contributed by atoms with Gasteiger partial charge in [-0.3, -0.25) is 4.79 Å². The Bertz CT molecular complexity index is 689. The molecule has 2 aliphatic rings. The van der Waals surface area contributed by atoms with E-state index >= 15 is 0 Å². The number of aliphatic carboxylic acids is 1. The summed E-state index contributed by atoms with van der Waals surface area (Å²) in [5, 5.41) is 10.3. The molecule has 0 bridgehead atoms. The van der Waals surface area contributed by atoms with Gasteiger partial charge in [0, 0.05) is 18.9 Å². The smallest absolute Gasteiger partial charge is 0.548 e. The van der Waals surface area contributed by atoms with Crippen LogP contribution in [0, 0.1) is 0 Å². The minimum Gasteiger partial charge on any atom is -0.548 e. The Morgan fingerprint density at radius 1 is 1.57 bits per heavy atom. The monoisotopic (exact) mass is 321 g/mol. The van der Waals surface area contributed by atoms with Crippen LogP contribution in [0.2, 0.25) is 0 Å². The second-order valence-electron chi connectivity index (χ2n) is 5.27. The Morgan fingerprint density at radius 3 is 2.71 bits per heavy atom. The number of hydrogen-bond acceptors (Lipinski definition) is 6. The number of carbonyl (C=O) groups is 2. The summed E-state index contributed by atoms with van der Waals surface area (Å²) in [7, 11) is -3.80. The minimum absolute atomic E-state index is 0. The first-order valence-corrected chi connectivity index (χ1v) is 7.55. The molecule has 1 aromatic heterocycles. The van der Waals surface area contributed by atoms with Gasteiger partial charge in [0.1, 0.15) is 10.1 Å². The second-order valence-corrected chi connectivity index (χ2v) is 7.84. The van der Waals surface area contributed by atoms with Crippen LogP contribution in [0.25, 0.3) is 0 Å². The van der Waals surface area contributed by atoms with Crippen LogP contribution in [0.4, 0.5) is 0 Å². The third-order valence-electron chi connectivity index (χ3n) is 4.09. The molecule has 0 saturated carbocycles. The van der Waals surface area contributed by atoms with Crippen LogP contribution < -0.4 is 34.7 Å². The maximum atomic E-state index is 12.5. The van der Waals surface area contributed by atoms with Gasteiger partial charge < -0.3 is 19.4 Å². The van der Waals surface area contributed by atoms with Crippen molar-refractivity contribution in [2.24, 2.45) is 0 Å². The van der Waals surface area contributed by atoms with E-state index < -0.39 is 37.9 Å². The van der Waals surface area contributed by atoms with Gasteiger partial charge in [-0.05, 0) is 6.92 Å².